The Morgan fingerprint density at radius 1 is 1.21 bits per heavy atom. The van der Waals surface area contributed by atoms with Crippen molar-refractivity contribution in [2.24, 2.45) is 12.9 Å². The molecule has 2 aliphatic heterocycles. The summed E-state index contributed by atoms with van der Waals surface area (Å²) in [4.78, 5) is 36.4. The summed E-state index contributed by atoms with van der Waals surface area (Å²) in [5.74, 6) is 4.89. The van der Waals surface area contributed by atoms with E-state index in [-0.39, 0.29) is 24.1 Å². The Labute approximate surface area is 162 Å². The number of nitrogens with zero attached hydrogens (tertiary/aromatic N) is 3. The second-order valence-electron chi connectivity index (χ2n) is 7.55. The van der Waals surface area contributed by atoms with Crippen LogP contribution in [-0.2, 0) is 27.8 Å². The molecule has 0 saturated carbocycles. The van der Waals surface area contributed by atoms with Crippen LogP contribution in [0.5, 0.6) is 0 Å². The molecule has 0 radical (unpaired) electrons. The number of carbonyl (C=O) groups excluding carboxylic acids is 2. The van der Waals surface area contributed by atoms with Crippen LogP contribution < -0.4 is 16.8 Å². The number of fused-ring (bicyclic) bond motifs is 1. The molecule has 9 heteroatoms. The molecule has 1 atom stereocenters. The average molecular weight is 387 g/mol. The summed E-state index contributed by atoms with van der Waals surface area (Å²) >= 11 is 0. The first-order chi connectivity index (χ1) is 13.4. The van der Waals surface area contributed by atoms with Crippen LogP contribution in [0.4, 0.5) is 0 Å². The Morgan fingerprint density at radius 3 is 2.71 bits per heavy atom. The molecule has 9 nitrogen and oxygen atoms in total. The van der Waals surface area contributed by atoms with Crippen LogP contribution in [-0.4, -0.2) is 51.8 Å². The summed E-state index contributed by atoms with van der Waals surface area (Å²) in [5, 5.41) is 4.05. The summed E-state index contributed by atoms with van der Waals surface area (Å²) in [6.07, 6.45) is 2.53. The molecule has 3 heterocycles. The highest BCUT2D eigenvalue weighted by atomic mass is 16.5. The number of nitrogens with two attached hydrogens (primary N) is 1. The Hall–Kier alpha value is -2.49. The van der Waals surface area contributed by atoms with E-state index in [1.165, 1.54) is 4.57 Å². The number of hydrogen-bond donors (Lipinski definition) is 2. The number of amides is 2. The number of rotatable bonds is 6. The van der Waals surface area contributed by atoms with E-state index in [9.17, 15) is 14.4 Å². The lowest BCUT2D eigenvalue weighted by Gasteiger charge is -2.35. The van der Waals surface area contributed by atoms with Crippen molar-refractivity contribution in [1.82, 2.24) is 19.5 Å². The summed E-state index contributed by atoms with van der Waals surface area (Å²) in [6.45, 7) is 2.23. The summed E-state index contributed by atoms with van der Waals surface area (Å²) in [6, 6.07) is 5.20. The summed E-state index contributed by atoms with van der Waals surface area (Å²) < 4.78 is 8.81. The number of aryl methyl sites for hydroxylation is 2. The number of benzene rings is 1. The van der Waals surface area contributed by atoms with Gasteiger partial charge in [-0.2, -0.15) is 0 Å². The van der Waals surface area contributed by atoms with E-state index in [0.29, 0.717) is 18.5 Å². The maximum absolute atomic E-state index is 12.8. The maximum atomic E-state index is 12.8. The largest absolute Gasteiger partial charge is 0.375 e. The van der Waals surface area contributed by atoms with E-state index in [1.807, 2.05) is 18.2 Å². The number of piperidine rings is 1. The molecule has 0 bridgehead atoms. The van der Waals surface area contributed by atoms with Crippen molar-refractivity contribution in [3.63, 3.8) is 0 Å². The second kappa shape index (κ2) is 7.50. The normalized spacial score (nSPS) is 21.1. The van der Waals surface area contributed by atoms with Crippen LogP contribution in [0.2, 0.25) is 0 Å². The number of imidazole rings is 1. The van der Waals surface area contributed by atoms with Crippen LogP contribution in [0.15, 0.2) is 23.0 Å². The van der Waals surface area contributed by atoms with Gasteiger partial charge in [-0.05, 0) is 37.0 Å². The Bertz CT molecular complexity index is 973. The standard InChI is InChI=1S/C19H25N5O4/c1-22-16-9-12(3-2-8-28-13-10-23(20)11-13)4-5-14(16)24(19(22)27)15-6-7-17(25)21-18(15)26/h4-5,9,13,15H,2-3,6-8,10-11,20H2,1H3,(H,21,25,26). The third-order valence-electron chi connectivity index (χ3n) is 5.52. The molecule has 0 aliphatic carbocycles. The number of nitrogens with one attached hydrogen (secondary N) is 1. The molecule has 2 amide bonds. The Kier molecular flexibility index (Phi) is 5.05. The molecule has 2 aliphatic rings. The highest BCUT2D eigenvalue weighted by Gasteiger charge is 2.31. The predicted molar refractivity (Wildman–Crippen MR) is 102 cm³/mol. The molecule has 4 rings (SSSR count). The van der Waals surface area contributed by atoms with Crippen molar-refractivity contribution in [2.75, 3.05) is 19.7 Å². The summed E-state index contributed by atoms with van der Waals surface area (Å²) in [7, 11) is 1.70. The van der Waals surface area contributed by atoms with Crippen LogP contribution >= 0.6 is 0 Å². The number of hydrogen-bond acceptors (Lipinski definition) is 6. The molecule has 0 spiro atoms. The SMILES string of the molecule is Cn1c(=O)n(C2CCC(=O)NC2=O)c2ccc(CCCOC3CN(N)C3)cc21. The molecule has 28 heavy (non-hydrogen) atoms. The molecule has 1 aromatic carbocycles. The van der Waals surface area contributed by atoms with Gasteiger partial charge in [-0.1, -0.05) is 6.07 Å². The molecule has 1 aromatic heterocycles. The van der Waals surface area contributed by atoms with E-state index in [0.717, 1.165) is 37.0 Å². The van der Waals surface area contributed by atoms with E-state index in [4.69, 9.17) is 10.6 Å². The molecule has 150 valence electrons. The molecular weight excluding hydrogens is 362 g/mol. The first-order valence-corrected chi connectivity index (χ1v) is 9.59. The fourth-order valence-electron chi connectivity index (χ4n) is 3.90. The highest BCUT2D eigenvalue weighted by molar-refractivity contribution is 6.00. The van der Waals surface area contributed by atoms with Crippen molar-refractivity contribution < 1.29 is 14.3 Å². The molecule has 2 fully saturated rings. The van der Waals surface area contributed by atoms with E-state index < -0.39 is 11.9 Å². The maximum Gasteiger partial charge on any atom is 0.329 e. The highest BCUT2D eigenvalue weighted by Crippen LogP contribution is 2.24. The lowest BCUT2D eigenvalue weighted by atomic mass is 10.1. The van der Waals surface area contributed by atoms with Crippen LogP contribution in [0.3, 0.4) is 0 Å². The number of ether oxygens (including phenoxy) is 1. The monoisotopic (exact) mass is 387 g/mol. The van der Waals surface area contributed by atoms with Gasteiger partial charge in [-0.3, -0.25) is 29.9 Å². The first kappa shape index (κ1) is 18.9. The van der Waals surface area contributed by atoms with Gasteiger partial charge in [0.25, 0.3) is 0 Å². The number of carbonyl (C=O) groups is 2. The zero-order valence-electron chi connectivity index (χ0n) is 15.9. The zero-order valence-corrected chi connectivity index (χ0v) is 15.9. The minimum absolute atomic E-state index is 0.232. The van der Waals surface area contributed by atoms with Crippen molar-refractivity contribution >= 4 is 22.8 Å². The van der Waals surface area contributed by atoms with Gasteiger partial charge in [-0.25, -0.2) is 9.80 Å². The van der Waals surface area contributed by atoms with Crippen LogP contribution in [0.1, 0.15) is 30.9 Å². The summed E-state index contributed by atoms with van der Waals surface area (Å²) in [5.41, 5.74) is 2.35. The Balaban J connectivity index is 1.49. The number of hydrazine groups is 1. The number of imide groups is 1. The van der Waals surface area contributed by atoms with Crippen molar-refractivity contribution in [1.29, 1.82) is 0 Å². The molecule has 2 aromatic rings. The van der Waals surface area contributed by atoms with Gasteiger partial charge in [0.1, 0.15) is 6.04 Å². The van der Waals surface area contributed by atoms with Gasteiger partial charge >= 0.3 is 5.69 Å². The van der Waals surface area contributed by atoms with Gasteiger partial charge in [0, 0.05) is 33.2 Å². The number of aromatic nitrogens is 2. The predicted octanol–water partition coefficient (Wildman–Crippen LogP) is -0.175. The fraction of sp³-hybridized carbons (Fsp3) is 0.526. The van der Waals surface area contributed by atoms with Crippen LogP contribution in [0.25, 0.3) is 11.0 Å². The molecule has 1 unspecified atom stereocenters. The van der Waals surface area contributed by atoms with Gasteiger partial charge in [-0.15, -0.1) is 0 Å². The van der Waals surface area contributed by atoms with E-state index in [1.54, 1.807) is 16.6 Å². The average Bonchev–Trinajstić information content (AvgIpc) is 2.88. The van der Waals surface area contributed by atoms with Crippen LogP contribution in [0, 0.1) is 0 Å². The zero-order chi connectivity index (χ0) is 19.8. The van der Waals surface area contributed by atoms with Crippen molar-refractivity contribution in [3.05, 3.63) is 34.2 Å². The van der Waals surface area contributed by atoms with Gasteiger partial charge in [0.15, 0.2) is 0 Å². The topological polar surface area (TPSA) is 112 Å². The van der Waals surface area contributed by atoms with Gasteiger partial charge in [0.05, 0.1) is 17.1 Å². The van der Waals surface area contributed by atoms with Gasteiger partial charge in [0.2, 0.25) is 11.8 Å². The van der Waals surface area contributed by atoms with Crippen molar-refractivity contribution in [2.45, 2.75) is 37.8 Å². The van der Waals surface area contributed by atoms with E-state index in [2.05, 4.69) is 5.32 Å². The Morgan fingerprint density at radius 2 is 2.00 bits per heavy atom. The lowest BCUT2D eigenvalue weighted by Crippen LogP contribution is -2.55. The molecule has 3 N–H and O–H groups in total. The quantitative estimate of drug-likeness (QED) is 0.404. The third-order valence-corrected chi connectivity index (χ3v) is 5.52. The fourth-order valence-corrected chi connectivity index (χ4v) is 3.90. The van der Waals surface area contributed by atoms with Crippen molar-refractivity contribution in [3.8, 4) is 0 Å². The first-order valence-electron chi connectivity index (χ1n) is 9.59. The minimum atomic E-state index is -0.655. The third kappa shape index (κ3) is 3.48. The lowest BCUT2D eigenvalue weighted by molar-refractivity contribution is -0.135. The minimum Gasteiger partial charge on any atom is -0.375 e. The molecule has 2 saturated heterocycles. The second-order valence-corrected chi connectivity index (χ2v) is 7.55. The smallest absolute Gasteiger partial charge is 0.329 e. The molecular formula is C19H25N5O4. The van der Waals surface area contributed by atoms with E-state index >= 15 is 0 Å². The van der Waals surface area contributed by atoms with Gasteiger partial charge < -0.3 is 4.74 Å².